The van der Waals surface area contributed by atoms with Gasteiger partial charge in [-0.1, -0.05) is 6.42 Å². The van der Waals surface area contributed by atoms with E-state index in [0.717, 1.165) is 0 Å². The van der Waals surface area contributed by atoms with Gasteiger partial charge < -0.3 is 11.5 Å². The maximum absolute atomic E-state index is 12.3. The number of primary amides is 1. The van der Waals surface area contributed by atoms with Gasteiger partial charge >= 0.3 is 6.18 Å². The highest BCUT2D eigenvalue weighted by atomic mass is 19.4. The zero-order chi connectivity index (χ0) is 11.0. The molecule has 3 nitrogen and oxygen atoms in total. The maximum Gasteiger partial charge on any atom is 0.391 e. The van der Waals surface area contributed by atoms with Crippen molar-refractivity contribution in [2.45, 2.75) is 37.4 Å². The van der Waals surface area contributed by atoms with Crippen LogP contribution in [0.3, 0.4) is 0 Å². The smallest absolute Gasteiger partial charge is 0.368 e. The highest BCUT2D eigenvalue weighted by molar-refractivity contribution is 5.84. The van der Waals surface area contributed by atoms with Crippen molar-refractivity contribution in [2.75, 3.05) is 0 Å². The van der Waals surface area contributed by atoms with Crippen LogP contribution < -0.4 is 11.5 Å². The predicted molar refractivity (Wildman–Crippen MR) is 44.1 cm³/mol. The Morgan fingerprint density at radius 3 is 2.43 bits per heavy atom. The van der Waals surface area contributed by atoms with Crippen LogP contribution in [0.5, 0.6) is 0 Å². The van der Waals surface area contributed by atoms with E-state index in [1.54, 1.807) is 0 Å². The van der Waals surface area contributed by atoms with Crippen LogP contribution in [0.4, 0.5) is 13.2 Å². The van der Waals surface area contributed by atoms with Crippen LogP contribution in [-0.4, -0.2) is 17.6 Å². The Labute approximate surface area is 79.6 Å². The van der Waals surface area contributed by atoms with Crippen molar-refractivity contribution in [1.29, 1.82) is 0 Å². The largest absolute Gasteiger partial charge is 0.391 e. The molecular weight excluding hydrogens is 197 g/mol. The molecule has 2 unspecified atom stereocenters. The van der Waals surface area contributed by atoms with Gasteiger partial charge in [-0.05, 0) is 19.3 Å². The number of alkyl halides is 3. The summed E-state index contributed by atoms with van der Waals surface area (Å²) in [6.45, 7) is 0. The molecule has 0 spiro atoms. The lowest BCUT2D eigenvalue weighted by Crippen LogP contribution is -2.56. The molecular formula is C8H13F3N2O. The summed E-state index contributed by atoms with van der Waals surface area (Å²) in [7, 11) is 0. The molecule has 4 N–H and O–H groups in total. The number of hydrogen-bond donors (Lipinski definition) is 2. The van der Waals surface area contributed by atoms with Crippen molar-refractivity contribution in [1.82, 2.24) is 0 Å². The van der Waals surface area contributed by atoms with Crippen LogP contribution in [-0.2, 0) is 4.79 Å². The summed E-state index contributed by atoms with van der Waals surface area (Å²) >= 11 is 0. The van der Waals surface area contributed by atoms with Crippen LogP contribution in [0.2, 0.25) is 0 Å². The van der Waals surface area contributed by atoms with E-state index in [1.807, 2.05) is 0 Å². The summed E-state index contributed by atoms with van der Waals surface area (Å²) < 4.78 is 37.0. The quantitative estimate of drug-likeness (QED) is 0.675. The minimum atomic E-state index is -4.28. The van der Waals surface area contributed by atoms with Crippen molar-refractivity contribution in [3.05, 3.63) is 0 Å². The van der Waals surface area contributed by atoms with Gasteiger partial charge in [-0.2, -0.15) is 13.2 Å². The first-order chi connectivity index (χ1) is 6.26. The summed E-state index contributed by atoms with van der Waals surface area (Å²) in [5.74, 6) is -2.33. The number of nitrogens with two attached hydrogens (primary N) is 2. The van der Waals surface area contributed by atoms with Crippen molar-refractivity contribution in [3.63, 3.8) is 0 Å². The van der Waals surface area contributed by atoms with Gasteiger partial charge in [0.05, 0.1) is 11.5 Å². The zero-order valence-electron chi connectivity index (χ0n) is 7.60. The van der Waals surface area contributed by atoms with Crippen LogP contribution in [0.15, 0.2) is 0 Å². The first-order valence-corrected chi connectivity index (χ1v) is 4.41. The minimum Gasteiger partial charge on any atom is -0.368 e. The average Bonchev–Trinajstić information content (AvgIpc) is 2.02. The van der Waals surface area contributed by atoms with E-state index in [0.29, 0.717) is 6.42 Å². The summed E-state index contributed by atoms with van der Waals surface area (Å²) in [6.07, 6.45) is -4.08. The summed E-state index contributed by atoms with van der Waals surface area (Å²) in [5.41, 5.74) is 9.02. The molecule has 0 aliphatic heterocycles. The van der Waals surface area contributed by atoms with E-state index in [-0.39, 0.29) is 19.3 Å². The molecule has 0 saturated heterocycles. The third kappa shape index (κ3) is 2.17. The lowest BCUT2D eigenvalue weighted by Gasteiger charge is -2.36. The molecule has 6 heteroatoms. The fourth-order valence-electron chi connectivity index (χ4n) is 1.81. The van der Waals surface area contributed by atoms with E-state index in [4.69, 9.17) is 11.5 Å². The molecule has 1 aliphatic rings. The molecule has 14 heavy (non-hydrogen) atoms. The number of carbonyl (C=O) groups is 1. The zero-order valence-corrected chi connectivity index (χ0v) is 7.60. The monoisotopic (exact) mass is 210 g/mol. The topological polar surface area (TPSA) is 69.1 Å². The van der Waals surface area contributed by atoms with Crippen LogP contribution in [0.1, 0.15) is 25.7 Å². The molecule has 0 radical (unpaired) electrons. The van der Waals surface area contributed by atoms with Crippen molar-refractivity contribution >= 4 is 5.91 Å². The maximum atomic E-state index is 12.3. The second-order valence-corrected chi connectivity index (χ2v) is 3.86. The van der Waals surface area contributed by atoms with Crippen molar-refractivity contribution in [2.24, 2.45) is 17.4 Å². The molecule has 0 aromatic heterocycles. The van der Waals surface area contributed by atoms with Gasteiger partial charge in [-0.15, -0.1) is 0 Å². The Morgan fingerprint density at radius 2 is 2.00 bits per heavy atom. The van der Waals surface area contributed by atoms with Crippen molar-refractivity contribution in [3.8, 4) is 0 Å². The number of halogens is 3. The summed E-state index contributed by atoms with van der Waals surface area (Å²) in [4.78, 5) is 10.9. The fourth-order valence-corrected chi connectivity index (χ4v) is 1.81. The number of carbonyl (C=O) groups excluding carboxylic acids is 1. The predicted octanol–water partition coefficient (Wildman–Crippen LogP) is 0.922. The minimum absolute atomic E-state index is 0.0374. The van der Waals surface area contributed by atoms with Gasteiger partial charge in [-0.3, -0.25) is 4.79 Å². The third-order valence-electron chi connectivity index (χ3n) is 2.74. The van der Waals surface area contributed by atoms with E-state index >= 15 is 0 Å². The summed E-state index contributed by atoms with van der Waals surface area (Å²) in [5, 5.41) is 0. The van der Waals surface area contributed by atoms with Crippen LogP contribution in [0.25, 0.3) is 0 Å². The Morgan fingerprint density at radius 1 is 1.43 bits per heavy atom. The molecule has 1 aliphatic carbocycles. The Balaban J connectivity index is 2.74. The average molecular weight is 210 g/mol. The highest BCUT2D eigenvalue weighted by Gasteiger charge is 2.48. The third-order valence-corrected chi connectivity index (χ3v) is 2.74. The van der Waals surface area contributed by atoms with Gasteiger partial charge in [0.1, 0.15) is 0 Å². The molecule has 1 amide bonds. The molecule has 1 saturated carbocycles. The molecule has 0 bridgehead atoms. The first-order valence-electron chi connectivity index (χ1n) is 4.41. The van der Waals surface area contributed by atoms with E-state index in [2.05, 4.69) is 0 Å². The van der Waals surface area contributed by atoms with Crippen LogP contribution in [0, 0.1) is 5.92 Å². The SMILES string of the molecule is NC(=O)C1(N)CCCC(C(F)(F)F)C1. The Kier molecular flexibility index (Phi) is 2.76. The fraction of sp³-hybridized carbons (Fsp3) is 0.875. The number of hydrogen-bond acceptors (Lipinski definition) is 2. The van der Waals surface area contributed by atoms with Gasteiger partial charge in [-0.25, -0.2) is 0 Å². The molecule has 0 aromatic rings. The van der Waals surface area contributed by atoms with Gasteiger partial charge in [0.15, 0.2) is 0 Å². The molecule has 1 rings (SSSR count). The van der Waals surface area contributed by atoms with Gasteiger partial charge in [0.25, 0.3) is 0 Å². The lowest BCUT2D eigenvalue weighted by atomic mass is 9.75. The molecule has 2 atom stereocenters. The second-order valence-electron chi connectivity index (χ2n) is 3.86. The standard InChI is InChI=1S/C8H13F3N2O/c9-8(10,11)5-2-1-3-7(13,4-5)6(12)14/h5H,1-4,13H2,(H2,12,14). The Bertz CT molecular complexity index is 241. The summed E-state index contributed by atoms with van der Waals surface area (Å²) in [6, 6.07) is 0. The molecule has 0 aromatic carbocycles. The van der Waals surface area contributed by atoms with Gasteiger partial charge in [0, 0.05) is 0 Å². The van der Waals surface area contributed by atoms with Crippen molar-refractivity contribution < 1.29 is 18.0 Å². The van der Waals surface area contributed by atoms with E-state index < -0.39 is 23.5 Å². The lowest BCUT2D eigenvalue weighted by molar-refractivity contribution is -0.187. The van der Waals surface area contributed by atoms with E-state index in [9.17, 15) is 18.0 Å². The van der Waals surface area contributed by atoms with E-state index in [1.165, 1.54) is 0 Å². The highest BCUT2D eigenvalue weighted by Crippen LogP contribution is 2.40. The number of amides is 1. The molecule has 1 fully saturated rings. The Hall–Kier alpha value is -0.780. The second kappa shape index (κ2) is 3.42. The number of rotatable bonds is 1. The first kappa shape index (κ1) is 11.3. The van der Waals surface area contributed by atoms with Gasteiger partial charge in [0.2, 0.25) is 5.91 Å². The molecule has 82 valence electrons. The normalized spacial score (nSPS) is 34.1. The molecule has 0 heterocycles. The van der Waals surface area contributed by atoms with Crippen LogP contribution >= 0.6 is 0 Å².